The zero-order valence-corrected chi connectivity index (χ0v) is 28.3. The van der Waals surface area contributed by atoms with Crippen LogP contribution in [0.4, 0.5) is 0 Å². The minimum absolute atomic E-state index is 0.662. The fourth-order valence-electron chi connectivity index (χ4n) is 6.81. The molecule has 7 aromatic carbocycles. The number of nitrogens with zero attached hydrogens (tertiary/aromatic N) is 3. The van der Waals surface area contributed by atoms with Crippen molar-refractivity contribution in [2.24, 2.45) is 0 Å². The Kier molecular flexibility index (Phi) is 7.74. The molecule has 0 saturated heterocycles. The van der Waals surface area contributed by atoms with E-state index in [1.165, 1.54) is 31.3 Å². The van der Waals surface area contributed by atoms with Crippen LogP contribution in [0.3, 0.4) is 0 Å². The molecule has 0 amide bonds. The summed E-state index contributed by atoms with van der Waals surface area (Å²) >= 11 is 1.84. The number of nitriles is 1. The van der Waals surface area contributed by atoms with Gasteiger partial charge < -0.3 is 0 Å². The van der Waals surface area contributed by atoms with E-state index < -0.39 is 0 Å². The van der Waals surface area contributed by atoms with E-state index in [-0.39, 0.29) is 0 Å². The first-order chi connectivity index (χ1) is 25.2. The number of benzene rings is 7. The fourth-order valence-corrected chi connectivity index (χ4v) is 7.93. The van der Waals surface area contributed by atoms with Crippen LogP contribution in [0.15, 0.2) is 176 Å². The highest BCUT2D eigenvalue weighted by atomic mass is 32.1. The molecule has 238 valence electrons. The molecule has 0 aliphatic rings. The van der Waals surface area contributed by atoms with Crippen LogP contribution in [0.5, 0.6) is 0 Å². The first-order valence-electron chi connectivity index (χ1n) is 16.9. The minimum Gasteiger partial charge on any atom is -0.228 e. The van der Waals surface area contributed by atoms with Crippen molar-refractivity contribution in [2.75, 3.05) is 0 Å². The Morgan fingerprint density at radius 3 is 1.63 bits per heavy atom. The summed E-state index contributed by atoms with van der Waals surface area (Å²) in [7, 11) is 0. The summed E-state index contributed by atoms with van der Waals surface area (Å²) in [6.07, 6.45) is 0. The molecule has 2 aromatic heterocycles. The monoisotopic (exact) mass is 667 g/mol. The topological polar surface area (TPSA) is 49.6 Å². The van der Waals surface area contributed by atoms with Gasteiger partial charge in [0, 0.05) is 36.9 Å². The lowest BCUT2D eigenvalue weighted by atomic mass is 9.89. The first-order valence-corrected chi connectivity index (χ1v) is 17.7. The Bertz CT molecular complexity index is 2650. The van der Waals surface area contributed by atoms with Gasteiger partial charge in [0.1, 0.15) is 0 Å². The van der Waals surface area contributed by atoms with Crippen molar-refractivity contribution in [3.05, 3.63) is 181 Å². The van der Waals surface area contributed by atoms with E-state index in [4.69, 9.17) is 9.97 Å². The minimum atomic E-state index is 0.662. The van der Waals surface area contributed by atoms with Crippen molar-refractivity contribution in [3.8, 4) is 73.4 Å². The summed E-state index contributed by atoms with van der Waals surface area (Å²) in [6, 6.07) is 63.3. The smallest absolute Gasteiger partial charge is 0.160 e. The average Bonchev–Trinajstić information content (AvgIpc) is 3.60. The third kappa shape index (κ3) is 5.76. The van der Waals surface area contributed by atoms with Gasteiger partial charge in [0.05, 0.1) is 23.0 Å². The van der Waals surface area contributed by atoms with Crippen LogP contribution in [0, 0.1) is 11.3 Å². The molecule has 3 nitrogen and oxygen atoms in total. The predicted octanol–water partition coefficient (Wildman–Crippen LogP) is 12.7. The summed E-state index contributed by atoms with van der Waals surface area (Å²) in [5.74, 6) is 0.706. The summed E-state index contributed by atoms with van der Waals surface area (Å²) < 4.78 is 2.55. The maximum absolute atomic E-state index is 9.23. The zero-order valence-electron chi connectivity index (χ0n) is 27.5. The van der Waals surface area contributed by atoms with Gasteiger partial charge in [-0.1, -0.05) is 146 Å². The predicted molar refractivity (Wildman–Crippen MR) is 212 cm³/mol. The third-order valence-electron chi connectivity index (χ3n) is 9.38. The van der Waals surface area contributed by atoms with Crippen molar-refractivity contribution in [1.29, 1.82) is 5.26 Å². The number of hydrogen-bond donors (Lipinski definition) is 0. The van der Waals surface area contributed by atoms with Gasteiger partial charge in [-0.3, -0.25) is 0 Å². The molecule has 0 fully saturated rings. The standard InChI is InChI=1S/C47H29N3S/c48-30-31-15-17-32(18-16-31)33-19-21-34(22-20-33)39-27-28-44-46(40-13-7-8-14-43(40)51-44)45(39)37-25-23-36(24-26-37)42-29-41(35-9-3-1-4-10-35)49-47(50-42)38-11-5-2-6-12-38/h1-29H. The van der Waals surface area contributed by atoms with Crippen LogP contribution in [0.25, 0.3) is 87.5 Å². The Balaban J connectivity index is 1.17. The molecular formula is C47H29N3S. The highest BCUT2D eigenvalue weighted by Crippen LogP contribution is 2.45. The lowest BCUT2D eigenvalue weighted by molar-refractivity contribution is 1.18. The van der Waals surface area contributed by atoms with Crippen LogP contribution in [0.2, 0.25) is 0 Å². The molecule has 9 aromatic rings. The maximum Gasteiger partial charge on any atom is 0.160 e. The molecule has 0 radical (unpaired) electrons. The molecule has 51 heavy (non-hydrogen) atoms. The van der Waals surface area contributed by atoms with E-state index in [1.54, 1.807) is 0 Å². The maximum atomic E-state index is 9.23. The SMILES string of the molecule is N#Cc1ccc(-c2ccc(-c3ccc4sc5ccccc5c4c3-c3ccc(-c4cc(-c5ccccc5)nc(-c5ccccc5)n4)cc3)cc2)cc1. The lowest BCUT2D eigenvalue weighted by Gasteiger charge is -2.15. The van der Waals surface area contributed by atoms with Crippen LogP contribution in [-0.2, 0) is 0 Å². The van der Waals surface area contributed by atoms with Gasteiger partial charge in [0.2, 0.25) is 0 Å². The van der Waals surface area contributed by atoms with Crippen LogP contribution in [-0.4, -0.2) is 9.97 Å². The Morgan fingerprint density at radius 2 is 0.961 bits per heavy atom. The van der Waals surface area contributed by atoms with Crippen LogP contribution in [0.1, 0.15) is 5.56 Å². The highest BCUT2D eigenvalue weighted by molar-refractivity contribution is 7.26. The van der Waals surface area contributed by atoms with Crippen molar-refractivity contribution < 1.29 is 0 Å². The van der Waals surface area contributed by atoms with Crippen LogP contribution < -0.4 is 0 Å². The van der Waals surface area contributed by atoms with Gasteiger partial charge in [-0.05, 0) is 63.7 Å². The Hall–Kier alpha value is -6.67. The number of rotatable bonds is 6. The normalized spacial score (nSPS) is 11.1. The molecule has 2 heterocycles. The Morgan fingerprint density at radius 1 is 0.431 bits per heavy atom. The quantitative estimate of drug-likeness (QED) is 0.177. The summed E-state index contributed by atoms with van der Waals surface area (Å²) in [4.78, 5) is 10.0. The van der Waals surface area contributed by atoms with E-state index in [0.29, 0.717) is 11.4 Å². The van der Waals surface area contributed by atoms with E-state index in [9.17, 15) is 5.26 Å². The zero-order chi connectivity index (χ0) is 34.1. The second-order valence-corrected chi connectivity index (χ2v) is 13.6. The molecule has 0 unspecified atom stereocenters. The van der Waals surface area contributed by atoms with E-state index >= 15 is 0 Å². The first kappa shape index (κ1) is 30.4. The van der Waals surface area contributed by atoms with E-state index in [1.807, 2.05) is 72.0 Å². The fraction of sp³-hybridized carbons (Fsp3) is 0. The number of thiophene rings is 1. The number of hydrogen-bond acceptors (Lipinski definition) is 4. The molecule has 0 spiro atoms. The summed E-state index contributed by atoms with van der Waals surface area (Å²) in [6.45, 7) is 0. The molecule has 0 N–H and O–H groups in total. The summed E-state index contributed by atoms with van der Waals surface area (Å²) in [5, 5.41) is 11.8. The molecule has 0 atom stereocenters. The lowest BCUT2D eigenvalue weighted by Crippen LogP contribution is -1.96. The number of fused-ring (bicyclic) bond motifs is 3. The highest BCUT2D eigenvalue weighted by Gasteiger charge is 2.18. The molecule has 0 aliphatic heterocycles. The molecule has 0 aliphatic carbocycles. The van der Waals surface area contributed by atoms with Gasteiger partial charge in [-0.15, -0.1) is 11.3 Å². The molecular weight excluding hydrogens is 639 g/mol. The van der Waals surface area contributed by atoms with E-state index in [0.717, 1.165) is 50.3 Å². The molecule has 0 bridgehead atoms. The Labute approximate surface area is 300 Å². The molecule has 9 rings (SSSR count). The summed E-state index contributed by atoms with van der Waals surface area (Å²) in [5.41, 5.74) is 12.4. The molecule has 0 saturated carbocycles. The van der Waals surface area contributed by atoms with Crippen molar-refractivity contribution in [3.63, 3.8) is 0 Å². The average molecular weight is 668 g/mol. The number of aromatic nitrogens is 2. The van der Waals surface area contributed by atoms with Gasteiger partial charge in [-0.2, -0.15) is 5.26 Å². The van der Waals surface area contributed by atoms with Crippen molar-refractivity contribution in [2.45, 2.75) is 0 Å². The van der Waals surface area contributed by atoms with Crippen LogP contribution >= 0.6 is 11.3 Å². The van der Waals surface area contributed by atoms with Gasteiger partial charge in [0.15, 0.2) is 5.82 Å². The van der Waals surface area contributed by atoms with Gasteiger partial charge >= 0.3 is 0 Å². The largest absolute Gasteiger partial charge is 0.228 e. The van der Waals surface area contributed by atoms with E-state index in [2.05, 4.69) is 121 Å². The van der Waals surface area contributed by atoms with Crippen molar-refractivity contribution in [1.82, 2.24) is 9.97 Å². The third-order valence-corrected chi connectivity index (χ3v) is 10.5. The molecule has 4 heteroatoms. The second-order valence-electron chi connectivity index (χ2n) is 12.5. The van der Waals surface area contributed by atoms with Gasteiger partial charge in [-0.25, -0.2) is 9.97 Å². The van der Waals surface area contributed by atoms with Crippen molar-refractivity contribution >= 4 is 31.5 Å². The second kappa shape index (κ2) is 13.0. The van der Waals surface area contributed by atoms with Gasteiger partial charge in [0.25, 0.3) is 0 Å².